The number of nitrogens with zero attached hydrogens (tertiary/aromatic N) is 3. The van der Waals surface area contributed by atoms with E-state index in [0.717, 1.165) is 16.1 Å². The summed E-state index contributed by atoms with van der Waals surface area (Å²) in [6, 6.07) is 15.7. The summed E-state index contributed by atoms with van der Waals surface area (Å²) in [5, 5.41) is 21.8. The molecule has 1 amide bonds. The van der Waals surface area contributed by atoms with Crippen molar-refractivity contribution in [2.45, 2.75) is 25.8 Å². The van der Waals surface area contributed by atoms with Crippen LogP contribution in [-0.2, 0) is 24.2 Å². The molecule has 10 nitrogen and oxygen atoms in total. The number of aryl methyl sites for hydroxylation is 1. The number of nitrogens with one attached hydrogen (secondary N) is 3. The van der Waals surface area contributed by atoms with Crippen LogP contribution in [0.25, 0.3) is 11.1 Å². The van der Waals surface area contributed by atoms with Crippen molar-refractivity contribution in [2.24, 2.45) is 10.7 Å². The van der Waals surface area contributed by atoms with Crippen LogP contribution in [0.1, 0.15) is 29.1 Å². The zero-order chi connectivity index (χ0) is 27.1. The Hall–Kier alpha value is -4.57. The zero-order valence-corrected chi connectivity index (χ0v) is 21.4. The number of anilines is 1. The molecule has 4 aromatic rings. The van der Waals surface area contributed by atoms with Crippen LogP contribution < -0.4 is 22.3 Å². The number of nitrogen functional groups attached to an aromatic ring is 2. The Morgan fingerprint density at radius 2 is 2.00 bits per heavy atom. The van der Waals surface area contributed by atoms with Gasteiger partial charge in [-0.3, -0.25) is 15.2 Å². The van der Waals surface area contributed by atoms with Gasteiger partial charge in [0.25, 0.3) is 0 Å². The van der Waals surface area contributed by atoms with E-state index in [1.165, 1.54) is 0 Å². The smallest absolute Gasteiger partial charge is 0.226 e. The Labute approximate surface area is 224 Å². The predicted octanol–water partition coefficient (Wildman–Crippen LogP) is 3.03. The minimum absolute atomic E-state index is 0.0229. The van der Waals surface area contributed by atoms with Crippen LogP contribution in [-0.4, -0.2) is 38.2 Å². The van der Waals surface area contributed by atoms with Crippen molar-refractivity contribution in [2.75, 3.05) is 12.3 Å². The summed E-state index contributed by atoms with van der Waals surface area (Å²) in [6.45, 7) is 0.692. The second-order valence-electron chi connectivity index (χ2n) is 8.69. The first-order chi connectivity index (χ1) is 18.3. The van der Waals surface area contributed by atoms with Crippen molar-refractivity contribution >= 4 is 29.0 Å². The van der Waals surface area contributed by atoms with E-state index in [9.17, 15) is 10.0 Å². The number of hydrogen-bond donors (Lipinski definition) is 6. The molecule has 0 spiro atoms. The fourth-order valence-electron chi connectivity index (χ4n) is 4.00. The first-order valence-electron chi connectivity index (χ1n) is 12.0. The third-order valence-corrected chi connectivity index (χ3v) is 6.21. The van der Waals surface area contributed by atoms with Gasteiger partial charge in [-0.05, 0) is 29.7 Å². The molecule has 0 aliphatic rings. The van der Waals surface area contributed by atoms with Crippen LogP contribution in [0.15, 0.2) is 72.0 Å². The number of imidazole rings is 1. The lowest BCUT2D eigenvalue weighted by Crippen LogP contribution is -2.30. The molecule has 11 heteroatoms. The van der Waals surface area contributed by atoms with E-state index < -0.39 is 0 Å². The fourth-order valence-corrected chi connectivity index (χ4v) is 4.31. The summed E-state index contributed by atoms with van der Waals surface area (Å²) in [5.41, 5.74) is 15.2. The van der Waals surface area contributed by atoms with E-state index in [1.54, 1.807) is 60.9 Å². The maximum Gasteiger partial charge on any atom is 0.226 e. The number of rotatable bonds is 10. The van der Waals surface area contributed by atoms with Crippen molar-refractivity contribution < 1.29 is 10.0 Å². The fraction of sp³-hybridized carbons (Fsp3) is 0.185. The summed E-state index contributed by atoms with van der Waals surface area (Å²) < 4.78 is 0.915. The van der Waals surface area contributed by atoms with Gasteiger partial charge in [0.2, 0.25) is 5.91 Å². The second-order valence-corrected chi connectivity index (χ2v) is 9.10. The molecule has 2 aromatic heterocycles. The molecule has 0 radical (unpaired) electrons. The van der Waals surface area contributed by atoms with E-state index in [0.29, 0.717) is 46.8 Å². The van der Waals surface area contributed by atoms with E-state index in [1.807, 2.05) is 6.07 Å². The molecular formula is C27H29ClN8O2. The van der Waals surface area contributed by atoms with Gasteiger partial charge < -0.3 is 27.0 Å². The number of amidine groups is 1. The van der Waals surface area contributed by atoms with E-state index in [2.05, 4.69) is 20.3 Å². The predicted molar refractivity (Wildman–Crippen MR) is 147 cm³/mol. The first kappa shape index (κ1) is 26.5. The van der Waals surface area contributed by atoms with Crippen LogP contribution >= 0.6 is 11.6 Å². The van der Waals surface area contributed by atoms with Crippen LogP contribution in [0.5, 0.6) is 0 Å². The average molecular weight is 533 g/mol. The molecule has 2 aromatic carbocycles. The molecule has 0 fully saturated rings. The van der Waals surface area contributed by atoms with E-state index in [-0.39, 0.29) is 35.9 Å². The number of hydrogen-bond acceptors (Lipinski definition) is 6. The molecular weight excluding hydrogens is 504 g/mol. The number of carbonyl (C=O) groups excluding carboxylic acids is 1. The number of pyridine rings is 1. The highest BCUT2D eigenvalue weighted by molar-refractivity contribution is 6.33. The molecule has 0 saturated heterocycles. The zero-order valence-electron chi connectivity index (χ0n) is 20.6. The molecule has 0 saturated carbocycles. The van der Waals surface area contributed by atoms with Gasteiger partial charge in [-0.2, -0.15) is 4.73 Å². The van der Waals surface area contributed by atoms with Crippen LogP contribution in [0.3, 0.4) is 0 Å². The van der Waals surface area contributed by atoms with Crippen molar-refractivity contribution in [3.05, 3.63) is 100 Å². The standard InChI is InChI=1S/C27H29ClN8O2/c28-21-14-24(34-10-2-5-23-32-11-12-33-23)36(38)22(26(21)19-3-1-4-20(29)13-19)15-25(37)35-16-17-6-8-18(9-7-17)27(30)31/h1,3-4,6-9,11-14,38H,2,5,10,15-16,29H2,(H3,30,31)(H,32,33)(H,35,37). The quantitative estimate of drug-likeness (QED) is 0.0604. The summed E-state index contributed by atoms with van der Waals surface area (Å²) in [6.07, 6.45) is 4.73. The SMILES string of the molecule is N=C(N)c1ccc(CNC(=O)Cc2c(-c3cccc(N)c3)c(Cl)cc(=NCCCc3ncc[nH]3)n2O)cc1. The lowest BCUT2D eigenvalue weighted by atomic mass is 10.0. The van der Waals surface area contributed by atoms with Crippen LogP contribution in [0.2, 0.25) is 5.02 Å². The Morgan fingerprint density at radius 1 is 1.21 bits per heavy atom. The van der Waals surface area contributed by atoms with Crippen molar-refractivity contribution in [3.63, 3.8) is 0 Å². The Kier molecular flexibility index (Phi) is 8.44. The topological polar surface area (TPSA) is 171 Å². The molecule has 0 atom stereocenters. The normalized spacial score (nSPS) is 11.4. The van der Waals surface area contributed by atoms with Gasteiger partial charge >= 0.3 is 0 Å². The van der Waals surface area contributed by atoms with Gasteiger partial charge in [-0.15, -0.1) is 0 Å². The van der Waals surface area contributed by atoms with Gasteiger partial charge in [0.1, 0.15) is 11.7 Å². The van der Waals surface area contributed by atoms with E-state index >= 15 is 0 Å². The number of carbonyl (C=O) groups is 1. The van der Waals surface area contributed by atoms with E-state index in [4.69, 9.17) is 28.5 Å². The van der Waals surface area contributed by atoms with Gasteiger partial charge in [0.05, 0.1) is 17.1 Å². The molecule has 0 unspecified atom stereocenters. The number of amides is 1. The number of halogens is 1. The summed E-state index contributed by atoms with van der Waals surface area (Å²) in [7, 11) is 0. The highest BCUT2D eigenvalue weighted by atomic mass is 35.5. The van der Waals surface area contributed by atoms with Gasteiger partial charge in [-0.1, -0.05) is 48.0 Å². The van der Waals surface area contributed by atoms with Gasteiger partial charge in [0, 0.05) is 54.8 Å². The molecule has 2 heterocycles. The van der Waals surface area contributed by atoms with Crippen molar-refractivity contribution in [1.29, 1.82) is 5.41 Å². The minimum Gasteiger partial charge on any atom is -0.427 e. The number of nitrogens with two attached hydrogens (primary N) is 2. The second kappa shape index (κ2) is 12.1. The summed E-state index contributed by atoms with van der Waals surface area (Å²) >= 11 is 6.68. The Morgan fingerprint density at radius 3 is 2.68 bits per heavy atom. The van der Waals surface area contributed by atoms with Crippen LogP contribution in [0, 0.1) is 5.41 Å². The molecule has 4 rings (SSSR count). The third kappa shape index (κ3) is 6.60. The molecule has 38 heavy (non-hydrogen) atoms. The lowest BCUT2D eigenvalue weighted by molar-refractivity contribution is -0.120. The minimum atomic E-state index is -0.320. The number of H-pyrrole nitrogens is 1. The maximum absolute atomic E-state index is 13.0. The van der Waals surface area contributed by atoms with Crippen molar-refractivity contribution in [1.82, 2.24) is 20.0 Å². The Balaban J connectivity index is 1.58. The number of benzene rings is 2. The summed E-state index contributed by atoms with van der Waals surface area (Å²) in [4.78, 5) is 24.7. The molecule has 0 bridgehead atoms. The largest absolute Gasteiger partial charge is 0.427 e. The lowest BCUT2D eigenvalue weighted by Gasteiger charge is -2.16. The molecule has 0 aliphatic heterocycles. The maximum atomic E-state index is 13.0. The van der Waals surface area contributed by atoms with Crippen molar-refractivity contribution in [3.8, 4) is 11.1 Å². The molecule has 196 valence electrons. The van der Waals surface area contributed by atoms with Gasteiger partial charge in [0.15, 0.2) is 5.49 Å². The average Bonchev–Trinajstić information content (AvgIpc) is 3.42. The van der Waals surface area contributed by atoms with Crippen LogP contribution in [0.4, 0.5) is 5.69 Å². The van der Waals surface area contributed by atoms with Gasteiger partial charge in [-0.25, -0.2) is 4.98 Å². The number of aromatic amines is 1. The summed E-state index contributed by atoms with van der Waals surface area (Å²) in [5.74, 6) is 0.519. The molecule has 8 N–H and O–H groups in total. The third-order valence-electron chi connectivity index (χ3n) is 5.91. The molecule has 0 aliphatic carbocycles. The first-order valence-corrected chi connectivity index (χ1v) is 12.4. The Bertz CT molecular complexity index is 1490. The number of aromatic nitrogens is 3. The monoisotopic (exact) mass is 532 g/mol. The highest BCUT2D eigenvalue weighted by Gasteiger charge is 2.19. The highest BCUT2D eigenvalue weighted by Crippen LogP contribution is 2.31.